The number of hydrogen-bond acceptors (Lipinski definition) is 3. The van der Waals surface area contributed by atoms with E-state index < -0.39 is 25.2 Å². The topological polar surface area (TPSA) is 44.5 Å². The minimum atomic E-state index is -4.28. The van der Waals surface area contributed by atoms with Crippen LogP contribution in [0.5, 0.6) is 0 Å². The van der Waals surface area contributed by atoms with Crippen molar-refractivity contribution in [3.8, 4) is 0 Å². The van der Waals surface area contributed by atoms with Crippen molar-refractivity contribution in [2.45, 2.75) is 26.1 Å². The summed E-state index contributed by atoms with van der Waals surface area (Å²) in [5, 5.41) is 0. The van der Waals surface area contributed by atoms with Crippen LogP contribution in [0, 0.1) is 5.92 Å². The van der Waals surface area contributed by atoms with Gasteiger partial charge in [0.15, 0.2) is 0 Å². The minimum Gasteiger partial charge on any atom is -0.378 e. The highest BCUT2D eigenvalue weighted by molar-refractivity contribution is 4.67. The minimum absolute atomic E-state index is 0.0570. The third kappa shape index (κ3) is 7.58. The Balaban J connectivity index is 3.56. The van der Waals surface area contributed by atoms with E-state index in [1.165, 1.54) is 0 Å². The van der Waals surface area contributed by atoms with E-state index in [2.05, 4.69) is 0 Å². The first-order valence-corrected chi connectivity index (χ1v) is 4.84. The van der Waals surface area contributed by atoms with Gasteiger partial charge >= 0.3 is 6.18 Å². The molecule has 0 spiro atoms. The van der Waals surface area contributed by atoms with Crippen LogP contribution >= 0.6 is 0 Å². The molecule has 2 N–H and O–H groups in total. The molecular formula is C9H18F3NO2. The van der Waals surface area contributed by atoms with Crippen molar-refractivity contribution in [3.05, 3.63) is 0 Å². The summed E-state index contributed by atoms with van der Waals surface area (Å²) in [6, 6.07) is 0. The van der Waals surface area contributed by atoms with Crippen molar-refractivity contribution in [1.29, 1.82) is 0 Å². The van der Waals surface area contributed by atoms with Crippen LogP contribution in [0.3, 0.4) is 0 Å². The first-order chi connectivity index (χ1) is 6.88. The van der Waals surface area contributed by atoms with Gasteiger partial charge in [0.05, 0.1) is 31.8 Å². The average molecular weight is 229 g/mol. The third-order valence-corrected chi connectivity index (χ3v) is 1.75. The van der Waals surface area contributed by atoms with Crippen molar-refractivity contribution in [1.82, 2.24) is 0 Å². The Kier molecular flexibility index (Phi) is 6.87. The molecule has 0 aliphatic rings. The van der Waals surface area contributed by atoms with Crippen LogP contribution < -0.4 is 5.73 Å². The highest BCUT2D eigenvalue weighted by Gasteiger charge is 2.38. The molecule has 0 saturated heterocycles. The third-order valence-electron chi connectivity index (χ3n) is 1.75. The second-order valence-corrected chi connectivity index (χ2v) is 3.47. The molecule has 0 saturated carbocycles. The van der Waals surface area contributed by atoms with Crippen molar-refractivity contribution < 1.29 is 22.6 Å². The largest absolute Gasteiger partial charge is 0.395 e. The molecule has 0 heterocycles. The molecule has 0 bridgehead atoms. The van der Waals surface area contributed by atoms with Gasteiger partial charge in [-0.05, 0) is 13.8 Å². The van der Waals surface area contributed by atoms with Crippen molar-refractivity contribution in [3.63, 3.8) is 0 Å². The van der Waals surface area contributed by atoms with Gasteiger partial charge in [0, 0.05) is 6.54 Å². The summed E-state index contributed by atoms with van der Waals surface area (Å²) in [4.78, 5) is 0. The summed E-state index contributed by atoms with van der Waals surface area (Å²) in [6.07, 6.45) is -4.23. The molecule has 0 aromatic rings. The number of rotatable bonds is 7. The number of ether oxygens (including phenoxy) is 2. The molecule has 92 valence electrons. The second kappa shape index (κ2) is 7.03. The summed E-state index contributed by atoms with van der Waals surface area (Å²) in [5.41, 5.74) is 4.99. The van der Waals surface area contributed by atoms with E-state index in [0.29, 0.717) is 6.61 Å². The zero-order chi connectivity index (χ0) is 11.9. The van der Waals surface area contributed by atoms with Crippen LogP contribution in [0.15, 0.2) is 0 Å². The van der Waals surface area contributed by atoms with Crippen molar-refractivity contribution in [2.75, 3.05) is 26.4 Å². The lowest BCUT2D eigenvalue weighted by Gasteiger charge is -2.18. The van der Waals surface area contributed by atoms with Gasteiger partial charge in [-0.3, -0.25) is 0 Å². The zero-order valence-electron chi connectivity index (χ0n) is 9.01. The number of halogens is 3. The number of hydrogen-bond donors (Lipinski definition) is 1. The van der Waals surface area contributed by atoms with Crippen LogP contribution in [-0.2, 0) is 9.47 Å². The maximum absolute atomic E-state index is 12.2. The van der Waals surface area contributed by atoms with Gasteiger partial charge in [0.2, 0.25) is 0 Å². The van der Waals surface area contributed by atoms with Crippen molar-refractivity contribution >= 4 is 0 Å². The monoisotopic (exact) mass is 229 g/mol. The molecule has 1 atom stereocenters. The molecule has 0 radical (unpaired) electrons. The van der Waals surface area contributed by atoms with Crippen molar-refractivity contribution in [2.24, 2.45) is 11.7 Å². The molecule has 0 fully saturated rings. The summed E-state index contributed by atoms with van der Waals surface area (Å²) in [6.45, 7) is 3.30. The first kappa shape index (κ1) is 14.7. The average Bonchev–Trinajstić information content (AvgIpc) is 2.08. The van der Waals surface area contributed by atoms with E-state index in [4.69, 9.17) is 15.2 Å². The zero-order valence-corrected chi connectivity index (χ0v) is 9.01. The SMILES string of the molecule is CC(C)OCCOCC(CN)C(F)(F)F. The Bertz CT molecular complexity index is 162. The van der Waals surface area contributed by atoms with E-state index in [9.17, 15) is 13.2 Å². The molecule has 15 heavy (non-hydrogen) atoms. The molecule has 0 amide bonds. The molecule has 6 heteroatoms. The van der Waals surface area contributed by atoms with E-state index in [1.807, 2.05) is 13.8 Å². The normalized spacial score (nSPS) is 14.6. The molecule has 0 aromatic heterocycles. The maximum Gasteiger partial charge on any atom is 0.395 e. The fraction of sp³-hybridized carbons (Fsp3) is 1.00. The lowest BCUT2D eigenvalue weighted by molar-refractivity contribution is -0.186. The summed E-state index contributed by atoms with van der Waals surface area (Å²) in [7, 11) is 0. The van der Waals surface area contributed by atoms with E-state index >= 15 is 0 Å². The van der Waals surface area contributed by atoms with Gasteiger partial charge in [-0.15, -0.1) is 0 Å². The van der Waals surface area contributed by atoms with Gasteiger partial charge < -0.3 is 15.2 Å². The van der Waals surface area contributed by atoms with E-state index in [-0.39, 0.29) is 12.7 Å². The maximum atomic E-state index is 12.2. The van der Waals surface area contributed by atoms with Gasteiger partial charge in [-0.25, -0.2) is 0 Å². The molecule has 0 aromatic carbocycles. The summed E-state index contributed by atoms with van der Waals surface area (Å²) >= 11 is 0. The predicted molar refractivity (Wildman–Crippen MR) is 50.5 cm³/mol. The predicted octanol–water partition coefficient (Wildman–Crippen LogP) is 1.57. The van der Waals surface area contributed by atoms with Crippen LogP contribution in [0.2, 0.25) is 0 Å². The van der Waals surface area contributed by atoms with E-state index in [0.717, 1.165) is 0 Å². The van der Waals surface area contributed by atoms with Crippen LogP contribution in [0.25, 0.3) is 0 Å². The summed E-state index contributed by atoms with van der Waals surface area (Å²) in [5.74, 6) is -1.59. The lowest BCUT2D eigenvalue weighted by atomic mass is 10.1. The highest BCUT2D eigenvalue weighted by atomic mass is 19.4. The number of nitrogens with two attached hydrogens (primary N) is 1. The Morgan fingerprint density at radius 1 is 1.20 bits per heavy atom. The number of alkyl halides is 3. The molecule has 3 nitrogen and oxygen atoms in total. The van der Waals surface area contributed by atoms with Crippen LogP contribution in [-0.4, -0.2) is 38.6 Å². The van der Waals surface area contributed by atoms with E-state index in [1.54, 1.807) is 0 Å². The smallest absolute Gasteiger partial charge is 0.378 e. The Morgan fingerprint density at radius 2 is 1.80 bits per heavy atom. The Morgan fingerprint density at radius 3 is 2.20 bits per heavy atom. The highest BCUT2D eigenvalue weighted by Crippen LogP contribution is 2.25. The Hall–Kier alpha value is -0.330. The lowest BCUT2D eigenvalue weighted by Crippen LogP contribution is -2.34. The fourth-order valence-electron chi connectivity index (χ4n) is 0.864. The fourth-order valence-corrected chi connectivity index (χ4v) is 0.864. The quantitative estimate of drug-likeness (QED) is 0.674. The standard InChI is InChI=1S/C9H18F3NO2/c1-7(2)15-4-3-14-6-8(5-13)9(10,11)12/h7-8H,3-6,13H2,1-2H3. The first-order valence-electron chi connectivity index (χ1n) is 4.84. The molecule has 0 rings (SSSR count). The van der Waals surface area contributed by atoms with Gasteiger partial charge in [0.1, 0.15) is 0 Å². The van der Waals surface area contributed by atoms with Gasteiger partial charge in [-0.1, -0.05) is 0 Å². The van der Waals surface area contributed by atoms with Gasteiger partial charge in [-0.2, -0.15) is 13.2 Å². The second-order valence-electron chi connectivity index (χ2n) is 3.47. The molecular weight excluding hydrogens is 211 g/mol. The molecule has 0 aliphatic heterocycles. The Labute approximate surface area is 87.7 Å². The van der Waals surface area contributed by atoms with Crippen LogP contribution in [0.1, 0.15) is 13.8 Å². The van der Waals surface area contributed by atoms with Gasteiger partial charge in [0.25, 0.3) is 0 Å². The summed E-state index contributed by atoms with van der Waals surface area (Å²) < 4.78 is 46.4. The van der Waals surface area contributed by atoms with Crippen LogP contribution in [0.4, 0.5) is 13.2 Å². The molecule has 0 aliphatic carbocycles. The molecule has 1 unspecified atom stereocenters.